The molecule has 0 aliphatic rings. The van der Waals surface area contributed by atoms with Crippen LogP contribution in [0.5, 0.6) is 0 Å². The van der Waals surface area contributed by atoms with Crippen LogP contribution in [0.2, 0.25) is 5.02 Å². The van der Waals surface area contributed by atoms with Gasteiger partial charge in [-0.25, -0.2) is 0 Å². The lowest BCUT2D eigenvalue weighted by Gasteiger charge is -2.05. The van der Waals surface area contributed by atoms with E-state index in [-0.39, 0.29) is 0 Å². The molecule has 1 aromatic carbocycles. The number of nitrogens with zero attached hydrogens (tertiary/aromatic N) is 2. The van der Waals surface area contributed by atoms with E-state index >= 15 is 0 Å². The fourth-order valence-electron chi connectivity index (χ4n) is 2.88. The molecule has 112 valence electrons. The summed E-state index contributed by atoms with van der Waals surface area (Å²) in [6.45, 7) is 3.78. The van der Waals surface area contributed by atoms with Gasteiger partial charge < -0.3 is 14.6 Å². The first kappa shape index (κ1) is 13.3. The third-order valence-electron chi connectivity index (χ3n) is 3.90. The van der Waals surface area contributed by atoms with Gasteiger partial charge in [0, 0.05) is 28.9 Å². The Morgan fingerprint density at radius 2 is 1.73 bits per heavy atom. The number of fused-ring (bicyclic) bond motifs is 2. The van der Waals surface area contributed by atoms with Crippen molar-refractivity contribution in [3.05, 3.63) is 34.9 Å². The van der Waals surface area contributed by atoms with Crippen molar-refractivity contribution in [2.75, 3.05) is 5.73 Å². The van der Waals surface area contributed by atoms with Gasteiger partial charge >= 0.3 is 0 Å². The van der Waals surface area contributed by atoms with E-state index in [0.29, 0.717) is 22.0 Å². The molecule has 6 heteroatoms. The second-order valence-electron chi connectivity index (χ2n) is 5.46. The number of benzene rings is 1. The van der Waals surface area contributed by atoms with Crippen molar-refractivity contribution in [1.29, 1.82) is 0 Å². The summed E-state index contributed by atoms with van der Waals surface area (Å²) in [6, 6.07) is 3.85. The van der Waals surface area contributed by atoms with Crippen LogP contribution in [0.1, 0.15) is 11.5 Å². The fourth-order valence-corrected chi connectivity index (χ4v) is 3.16. The van der Waals surface area contributed by atoms with E-state index < -0.39 is 0 Å². The van der Waals surface area contributed by atoms with Crippen LogP contribution in [0.15, 0.2) is 27.2 Å². The Hall–Kier alpha value is -2.40. The minimum atomic E-state index is 0.557. The van der Waals surface area contributed by atoms with Gasteiger partial charge in [-0.3, -0.25) is 4.68 Å². The summed E-state index contributed by atoms with van der Waals surface area (Å²) in [6.07, 6.45) is 1.73. The number of hydrogen-bond donors (Lipinski definition) is 1. The fraction of sp³-hybridized carbons (Fsp3) is 0.188. The highest BCUT2D eigenvalue weighted by molar-refractivity contribution is 6.41. The van der Waals surface area contributed by atoms with Crippen molar-refractivity contribution < 1.29 is 8.83 Å². The van der Waals surface area contributed by atoms with E-state index in [1.54, 1.807) is 17.9 Å². The van der Waals surface area contributed by atoms with Crippen LogP contribution < -0.4 is 5.73 Å². The molecule has 3 aromatic heterocycles. The summed E-state index contributed by atoms with van der Waals surface area (Å²) in [7, 11) is 1.80. The number of nitrogen functional groups attached to an aromatic ring is 1. The lowest BCUT2D eigenvalue weighted by molar-refractivity contribution is 0.576. The summed E-state index contributed by atoms with van der Waals surface area (Å²) in [4.78, 5) is 0. The first-order valence-corrected chi connectivity index (χ1v) is 7.24. The number of rotatable bonds is 1. The normalized spacial score (nSPS) is 11.8. The van der Waals surface area contributed by atoms with E-state index in [1.807, 2.05) is 26.0 Å². The minimum absolute atomic E-state index is 0.557. The Labute approximate surface area is 131 Å². The topological polar surface area (TPSA) is 70.1 Å². The molecule has 0 saturated heterocycles. The first-order valence-electron chi connectivity index (χ1n) is 6.87. The zero-order chi connectivity index (χ0) is 15.6. The van der Waals surface area contributed by atoms with E-state index in [9.17, 15) is 0 Å². The molecule has 0 aliphatic heterocycles. The van der Waals surface area contributed by atoms with Gasteiger partial charge in [0.25, 0.3) is 0 Å². The highest BCUT2D eigenvalue weighted by atomic mass is 35.5. The van der Waals surface area contributed by atoms with Crippen molar-refractivity contribution in [2.24, 2.45) is 7.05 Å². The SMILES string of the molecule is Cc1cc2c(-c3cnn(C)c3N)c3oc(C)cc3c(Cl)c2o1. The van der Waals surface area contributed by atoms with E-state index in [2.05, 4.69) is 5.10 Å². The predicted molar refractivity (Wildman–Crippen MR) is 87.1 cm³/mol. The maximum absolute atomic E-state index is 6.50. The van der Waals surface area contributed by atoms with Gasteiger partial charge in [0.15, 0.2) is 5.58 Å². The highest BCUT2D eigenvalue weighted by Crippen LogP contribution is 2.45. The summed E-state index contributed by atoms with van der Waals surface area (Å²) >= 11 is 6.50. The molecule has 4 aromatic rings. The van der Waals surface area contributed by atoms with Crippen LogP contribution >= 0.6 is 11.6 Å². The zero-order valence-corrected chi connectivity index (χ0v) is 13.2. The molecule has 0 unspecified atom stereocenters. The molecule has 0 spiro atoms. The minimum Gasteiger partial charge on any atom is -0.461 e. The smallest absolute Gasteiger partial charge is 0.154 e. The number of aryl methyl sites for hydroxylation is 3. The highest BCUT2D eigenvalue weighted by Gasteiger charge is 2.23. The molecular weight excluding hydrogens is 302 g/mol. The lowest BCUT2D eigenvalue weighted by atomic mass is 10.0. The van der Waals surface area contributed by atoms with Crippen LogP contribution in [-0.2, 0) is 7.05 Å². The Bertz CT molecular complexity index is 981. The Morgan fingerprint density at radius 1 is 1.09 bits per heavy atom. The van der Waals surface area contributed by atoms with Gasteiger partial charge in [-0.15, -0.1) is 0 Å². The Morgan fingerprint density at radius 3 is 2.36 bits per heavy atom. The standard InChI is InChI=1S/C16H14ClN3O2/c1-7-4-9-12(11-6-19-20(3)16(11)18)14-10(5-8(2)21-14)13(17)15(9)22-7/h4-6H,18H2,1-3H3. The number of hydrogen-bond acceptors (Lipinski definition) is 4. The number of nitrogens with two attached hydrogens (primary N) is 1. The second kappa shape index (κ2) is 4.30. The van der Waals surface area contributed by atoms with Crippen molar-refractivity contribution in [3.63, 3.8) is 0 Å². The van der Waals surface area contributed by atoms with E-state index in [4.69, 9.17) is 26.2 Å². The van der Waals surface area contributed by atoms with Crippen molar-refractivity contribution >= 4 is 39.4 Å². The first-order chi connectivity index (χ1) is 10.5. The monoisotopic (exact) mass is 315 g/mol. The average molecular weight is 316 g/mol. The van der Waals surface area contributed by atoms with Crippen molar-refractivity contribution in [1.82, 2.24) is 9.78 Å². The van der Waals surface area contributed by atoms with E-state index in [0.717, 1.165) is 33.4 Å². The molecule has 0 bridgehead atoms. The Kier molecular flexibility index (Phi) is 2.60. The molecule has 0 saturated carbocycles. The third kappa shape index (κ3) is 1.63. The van der Waals surface area contributed by atoms with Crippen LogP contribution in [0.3, 0.4) is 0 Å². The molecule has 2 N–H and O–H groups in total. The van der Waals surface area contributed by atoms with Gasteiger partial charge in [-0.05, 0) is 26.0 Å². The molecule has 5 nitrogen and oxygen atoms in total. The number of anilines is 1. The average Bonchev–Trinajstić information content (AvgIpc) is 3.12. The summed E-state index contributed by atoms with van der Waals surface area (Å²) in [5.41, 5.74) is 9.19. The molecule has 0 atom stereocenters. The second-order valence-corrected chi connectivity index (χ2v) is 5.83. The largest absolute Gasteiger partial charge is 0.461 e. The molecule has 0 radical (unpaired) electrons. The number of halogens is 1. The quantitative estimate of drug-likeness (QED) is 0.564. The molecule has 0 amide bonds. The molecule has 0 fully saturated rings. The van der Waals surface area contributed by atoms with Crippen molar-refractivity contribution in [3.8, 4) is 11.1 Å². The van der Waals surface area contributed by atoms with Crippen molar-refractivity contribution in [2.45, 2.75) is 13.8 Å². The van der Waals surface area contributed by atoms with Crippen LogP contribution in [0, 0.1) is 13.8 Å². The molecule has 0 aliphatic carbocycles. The van der Waals surface area contributed by atoms with Gasteiger partial charge in [0.1, 0.15) is 22.9 Å². The number of furan rings is 2. The van der Waals surface area contributed by atoms with E-state index in [1.165, 1.54) is 0 Å². The van der Waals surface area contributed by atoms with Gasteiger partial charge in [-0.2, -0.15) is 5.10 Å². The Balaban J connectivity index is 2.27. The summed E-state index contributed by atoms with van der Waals surface area (Å²) in [5.74, 6) is 2.13. The van der Waals surface area contributed by atoms with Gasteiger partial charge in [0.05, 0.1) is 11.2 Å². The molecule has 3 heterocycles. The zero-order valence-electron chi connectivity index (χ0n) is 12.4. The van der Waals surface area contributed by atoms with Gasteiger partial charge in [0.2, 0.25) is 0 Å². The summed E-state index contributed by atoms with van der Waals surface area (Å²) < 4.78 is 13.3. The maximum Gasteiger partial charge on any atom is 0.154 e. The molecule has 22 heavy (non-hydrogen) atoms. The van der Waals surface area contributed by atoms with Crippen LogP contribution in [0.25, 0.3) is 33.1 Å². The van der Waals surface area contributed by atoms with Gasteiger partial charge in [-0.1, -0.05) is 11.6 Å². The number of aromatic nitrogens is 2. The van der Waals surface area contributed by atoms with Crippen LogP contribution in [0.4, 0.5) is 5.82 Å². The molecule has 4 rings (SSSR count). The van der Waals surface area contributed by atoms with Crippen LogP contribution in [-0.4, -0.2) is 9.78 Å². The summed E-state index contributed by atoms with van der Waals surface area (Å²) in [5, 5.41) is 6.48. The predicted octanol–water partition coefficient (Wildman–Crippen LogP) is 4.43. The lowest BCUT2D eigenvalue weighted by Crippen LogP contribution is -1.98. The molecular formula is C16H14ClN3O2. The maximum atomic E-state index is 6.50. The third-order valence-corrected chi connectivity index (χ3v) is 4.27.